The van der Waals surface area contributed by atoms with Gasteiger partial charge in [-0.1, -0.05) is 37.2 Å². The van der Waals surface area contributed by atoms with Crippen LogP contribution in [0.3, 0.4) is 0 Å². The standard InChI is InChI=1S/C17H22N2O2S/c1-3-5-6-7-8-9-16(20)19-17-18-14-11-10-13(21-4-2)12-15(14)22-17/h8-12H,3-7H2,1-2H3,(H,18,19,20)/b9-8+. The minimum Gasteiger partial charge on any atom is -0.494 e. The van der Waals surface area contributed by atoms with Crippen LogP contribution in [0.15, 0.2) is 30.4 Å². The van der Waals surface area contributed by atoms with E-state index in [-0.39, 0.29) is 5.91 Å². The molecule has 1 aromatic carbocycles. The molecule has 4 nitrogen and oxygen atoms in total. The van der Waals surface area contributed by atoms with Gasteiger partial charge in [0.1, 0.15) is 5.75 Å². The molecular formula is C17H22N2O2S. The Morgan fingerprint density at radius 3 is 3.00 bits per heavy atom. The number of nitrogens with one attached hydrogen (secondary N) is 1. The van der Waals surface area contributed by atoms with Gasteiger partial charge in [0.15, 0.2) is 5.13 Å². The molecule has 0 aliphatic carbocycles. The van der Waals surface area contributed by atoms with Crippen LogP contribution in [0.1, 0.15) is 39.5 Å². The number of thiazole rings is 1. The number of rotatable bonds is 8. The molecule has 0 aliphatic rings. The van der Waals surface area contributed by atoms with Gasteiger partial charge < -0.3 is 4.74 Å². The largest absolute Gasteiger partial charge is 0.494 e. The molecule has 0 aliphatic heterocycles. The van der Waals surface area contributed by atoms with Crippen LogP contribution in [0.5, 0.6) is 5.75 Å². The van der Waals surface area contributed by atoms with E-state index >= 15 is 0 Å². The molecule has 0 fully saturated rings. The summed E-state index contributed by atoms with van der Waals surface area (Å²) in [5.74, 6) is 0.702. The maximum atomic E-state index is 11.8. The highest BCUT2D eigenvalue weighted by Gasteiger charge is 2.07. The van der Waals surface area contributed by atoms with Crippen LogP contribution in [0, 0.1) is 0 Å². The smallest absolute Gasteiger partial charge is 0.249 e. The quantitative estimate of drug-likeness (QED) is 0.563. The summed E-state index contributed by atoms with van der Waals surface area (Å²) in [6.45, 7) is 4.76. The number of anilines is 1. The summed E-state index contributed by atoms with van der Waals surface area (Å²) in [6.07, 6.45) is 7.97. The Morgan fingerprint density at radius 2 is 2.23 bits per heavy atom. The maximum absolute atomic E-state index is 11.8. The van der Waals surface area contributed by atoms with E-state index in [4.69, 9.17) is 4.74 Å². The number of amides is 1. The van der Waals surface area contributed by atoms with Gasteiger partial charge in [-0.25, -0.2) is 4.98 Å². The molecule has 1 aromatic heterocycles. The van der Waals surface area contributed by atoms with Crippen LogP contribution in [0.4, 0.5) is 5.13 Å². The van der Waals surface area contributed by atoms with E-state index in [1.165, 1.54) is 24.2 Å². The van der Waals surface area contributed by atoms with E-state index < -0.39 is 0 Å². The number of unbranched alkanes of at least 4 members (excludes halogenated alkanes) is 3. The predicted molar refractivity (Wildman–Crippen MR) is 92.7 cm³/mol. The van der Waals surface area contributed by atoms with Gasteiger partial charge in [0.05, 0.1) is 16.8 Å². The Bertz CT molecular complexity index is 649. The summed E-state index contributed by atoms with van der Waals surface area (Å²) in [5, 5.41) is 3.43. The van der Waals surface area contributed by atoms with E-state index in [1.54, 1.807) is 6.08 Å². The van der Waals surface area contributed by atoms with Crippen LogP contribution in [0.25, 0.3) is 10.2 Å². The Kier molecular flexibility index (Phi) is 6.40. The highest BCUT2D eigenvalue weighted by Crippen LogP contribution is 2.29. The lowest BCUT2D eigenvalue weighted by Crippen LogP contribution is -2.07. The first kappa shape index (κ1) is 16.5. The summed E-state index contributed by atoms with van der Waals surface area (Å²) < 4.78 is 6.48. The summed E-state index contributed by atoms with van der Waals surface area (Å²) >= 11 is 1.46. The monoisotopic (exact) mass is 318 g/mol. The minimum absolute atomic E-state index is 0.124. The molecule has 22 heavy (non-hydrogen) atoms. The summed E-state index contributed by atoms with van der Waals surface area (Å²) in [6, 6.07) is 5.75. The summed E-state index contributed by atoms with van der Waals surface area (Å²) in [7, 11) is 0. The molecule has 118 valence electrons. The van der Waals surface area contributed by atoms with Gasteiger partial charge in [0.25, 0.3) is 0 Å². The molecule has 0 saturated heterocycles. The Hall–Kier alpha value is -1.88. The van der Waals surface area contributed by atoms with Gasteiger partial charge >= 0.3 is 0 Å². The van der Waals surface area contributed by atoms with Gasteiger partial charge in [-0.15, -0.1) is 0 Å². The highest BCUT2D eigenvalue weighted by atomic mass is 32.1. The van der Waals surface area contributed by atoms with Gasteiger partial charge in [-0.3, -0.25) is 10.1 Å². The average Bonchev–Trinajstić information content (AvgIpc) is 2.88. The normalized spacial score (nSPS) is 11.2. The maximum Gasteiger partial charge on any atom is 0.249 e. The number of hydrogen-bond acceptors (Lipinski definition) is 4. The van der Waals surface area contributed by atoms with Gasteiger partial charge in [0.2, 0.25) is 5.91 Å². The number of benzene rings is 1. The lowest BCUT2D eigenvalue weighted by atomic mass is 10.2. The molecule has 1 amide bonds. The molecule has 0 unspecified atom stereocenters. The average molecular weight is 318 g/mol. The molecular weight excluding hydrogens is 296 g/mol. The molecule has 1 N–H and O–H groups in total. The van der Waals surface area contributed by atoms with E-state index in [0.717, 1.165) is 28.8 Å². The van der Waals surface area contributed by atoms with Crippen LogP contribution >= 0.6 is 11.3 Å². The second-order valence-corrected chi connectivity index (χ2v) is 6.00. The van der Waals surface area contributed by atoms with Crippen molar-refractivity contribution in [3.05, 3.63) is 30.4 Å². The van der Waals surface area contributed by atoms with Gasteiger partial charge in [0, 0.05) is 0 Å². The fourth-order valence-corrected chi connectivity index (χ4v) is 2.96. The predicted octanol–water partition coefficient (Wildman–Crippen LogP) is 4.77. The number of allylic oxidation sites excluding steroid dienone is 1. The molecule has 5 heteroatoms. The van der Waals surface area contributed by atoms with Crippen LogP contribution < -0.4 is 10.1 Å². The molecule has 0 saturated carbocycles. The van der Waals surface area contributed by atoms with Crippen molar-refractivity contribution in [2.24, 2.45) is 0 Å². The molecule has 0 atom stereocenters. The molecule has 0 bridgehead atoms. The van der Waals surface area contributed by atoms with Crippen molar-refractivity contribution in [2.45, 2.75) is 39.5 Å². The van der Waals surface area contributed by atoms with Crippen LogP contribution in [-0.2, 0) is 4.79 Å². The minimum atomic E-state index is -0.124. The van der Waals surface area contributed by atoms with Crippen LogP contribution in [0.2, 0.25) is 0 Å². The Balaban J connectivity index is 1.94. The van der Waals surface area contributed by atoms with Gasteiger partial charge in [-0.05, 0) is 44.0 Å². The molecule has 2 rings (SSSR count). The summed E-state index contributed by atoms with van der Waals surface area (Å²) in [5.41, 5.74) is 0.871. The van der Waals surface area contributed by atoms with E-state index in [2.05, 4.69) is 17.2 Å². The first-order valence-corrected chi connectivity index (χ1v) is 8.55. The van der Waals surface area contributed by atoms with Gasteiger partial charge in [-0.2, -0.15) is 0 Å². The van der Waals surface area contributed by atoms with Crippen molar-refractivity contribution in [1.82, 2.24) is 4.98 Å². The van der Waals surface area contributed by atoms with E-state index in [0.29, 0.717) is 11.7 Å². The van der Waals surface area contributed by atoms with Crippen molar-refractivity contribution in [3.63, 3.8) is 0 Å². The second kappa shape index (κ2) is 8.54. The topological polar surface area (TPSA) is 51.2 Å². The zero-order valence-electron chi connectivity index (χ0n) is 13.1. The number of carbonyl (C=O) groups is 1. The third kappa shape index (κ3) is 4.84. The Morgan fingerprint density at radius 1 is 1.36 bits per heavy atom. The number of aromatic nitrogens is 1. The Labute approximate surface area is 135 Å². The van der Waals surface area contributed by atoms with Crippen molar-refractivity contribution < 1.29 is 9.53 Å². The highest BCUT2D eigenvalue weighted by molar-refractivity contribution is 7.22. The van der Waals surface area contributed by atoms with Crippen molar-refractivity contribution in [3.8, 4) is 5.75 Å². The molecule has 0 radical (unpaired) electrons. The summed E-state index contributed by atoms with van der Waals surface area (Å²) in [4.78, 5) is 16.2. The first-order chi connectivity index (χ1) is 10.7. The SMILES string of the molecule is CCCCC/C=C/C(=O)Nc1nc2ccc(OCC)cc2s1. The molecule has 0 spiro atoms. The second-order valence-electron chi connectivity index (χ2n) is 4.97. The number of ether oxygens (including phenoxy) is 1. The fourth-order valence-electron chi connectivity index (χ4n) is 2.06. The van der Waals surface area contributed by atoms with E-state index in [9.17, 15) is 4.79 Å². The lowest BCUT2D eigenvalue weighted by molar-refractivity contribution is -0.111. The van der Waals surface area contributed by atoms with Crippen molar-refractivity contribution >= 4 is 32.6 Å². The number of hydrogen-bond donors (Lipinski definition) is 1. The first-order valence-electron chi connectivity index (χ1n) is 7.73. The third-order valence-corrected chi connectivity index (χ3v) is 4.08. The van der Waals surface area contributed by atoms with Crippen molar-refractivity contribution in [1.29, 1.82) is 0 Å². The number of carbonyl (C=O) groups excluding carboxylic acids is 1. The lowest BCUT2D eigenvalue weighted by Gasteiger charge is -2.00. The number of nitrogens with zero attached hydrogens (tertiary/aromatic N) is 1. The number of fused-ring (bicyclic) bond motifs is 1. The van der Waals surface area contributed by atoms with Crippen molar-refractivity contribution in [2.75, 3.05) is 11.9 Å². The zero-order chi connectivity index (χ0) is 15.8. The molecule has 1 heterocycles. The zero-order valence-corrected chi connectivity index (χ0v) is 13.9. The van der Waals surface area contributed by atoms with Crippen LogP contribution in [-0.4, -0.2) is 17.5 Å². The molecule has 2 aromatic rings. The van der Waals surface area contributed by atoms with E-state index in [1.807, 2.05) is 31.2 Å². The third-order valence-electron chi connectivity index (χ3n) is 3.14. The fraction of sp³-hybridized carbons (Fsp3) is 0.412.